The first kappa shape index (κ1) is 12.9. The number of amides is 1. The molecule has 0 aliphatic carbocycles. The van der Waals surface area contributed by atoms with Gasteiger partial charge >= 0.3 is 0 Å². The third-order valence-corrected chi connectivity index (χ3v) is 3.10. The molecule has 1 aliphatic heterocycles. The minimum absolute atomic E-state index is 0.0268. The summed E-state index contributed by atoms with van der Waals surface area (Å²) in [6, 6.07) is 4.31. The Balaban J connectivity index is 2.07. The lowest BCUT2D eigenvalue weighted by Crippen LogP contribution is -2.32. The van der Waals surface area contributed by atoms with Crippen molar-refractivity contribution >= 4 is 5.91 Å². The number of nitrogens with one attached hydrogen (secondary N) is 1. The number of benzene rings is 1. The summed E-state index contributed by atoms with van der Waals surface area (Å²) in [5, 5.41) is 2.95. The molecule has 1 atom stereocenters. The van der Waals surface area contributed by atoms with Crippen LogP contribution in [-0.2, 0) is 4.79 Å². The monoisotopic (exact) mass is 251 g/mol. The van der Waals surface area contributed by atoms with E-state index in [4.69, 9.17) is 4.74 Å². The number of carbonyl (C=O) groups is 1. The lowest BCUT2D eigenvalue weighted by atomic mass is 10.00. The predicted molar refractivity (Wildman–Crippen MR) is 66.9 cm³/mol. The molecule has 0 saturated heterocycles. The molecular formula is C14H18FNO2. The Morgan fingerprint density at radius 2 is 2.39 bits per heavy atom. The summed E-state index contributed by atoms with van der Waals surface area (Å²) in [7, 11) is 0. The molecule has 18 heavy (non-hydrogen) atoms. The number of rotatable bonds is 4. The smallest absolute Gasteiger partial charge is 0.220 e. The highest BCUT2D eigenvalue weighted by molar-refractivity contribution is 5.76. The third-order valence-electron chi connectivity index (χ3n) is 3.10. The van der Waals surface area contributed by atoms with Crippen LogP contribution in [0.4, 0.5) is 4.39 Å². The summed E-state index contributed by atoms with van der Waals surface area (Å²) in [4.78, 5) is 11.7. The van der Waals surface area contributed by atoms with E-state index in [2.05, 4.69) is 5.32 Å². The van der Waals surface area contributed by atoms with E-state index in [-0.39, 0.29) is 17.8 Å². The lowest BCUT2D eigenvalue weighted by Gasteiger charge is -2.26. The maximum absolute atomic E-state index is 13.2. The van der Waals surface area contributed by atoms with Crippen molar-refractivity contribution in [1.29, 1.82) is 0 Å². The maximum Gasteiger partial charge on any atom is 0.220 e. The fourth-order valence-electron chi connectivity index (χ4n) is 2.12. The van der Waals surface area contributed by atoms with Gasteiger partial charge in [-0.25, -0.2) is 4.39 Å². The van der Waals surface area contributed by atoms with Gasteiger partial charge in [-0.3, -0.25) is 4.79 Å². The predicted octanol–water partition coefficient (Wildman–Crippen LogP) is 2.96. The van der Waals surface area contributed by atoms with E-state index in [9.17, 15) is 9.18 Å². The molecule has 0 bridgehead atoms. The van der Waals surface area contributed by atoms with Crippen molar-refractivity contribution in [3.63, 3.8) is 0 Å². The molecule has 4 heteroatoms. The summed E-state index contributed by atoms with van der Waals surface area (Å²) in [5.74, 6) is 0.398. The van der Waals surface area contributed by atoms with E-state index in [0.29, 0.717) is 25.2 Å². The zero-order valence-electron chi connectivity index (χ0n) is 10.5. The van der Waals surface area contributed by atoms with Crippen LogP contribution in [0.3, 0.4) is 0 Å². The second kappa shape index (κ2) is 5.85. The normalized spacial score (nSPS) is 17.8. The van der Waals surface area contributed by atoms with Crippen molar-refractivity contribution in [2.24, 2.45) is 0 Å². The van der Waals surface area contributed by atoms with E-state index in [0.717, 1.165) is 18.4 Å². The van der Waals surface area contributed by atoms with Gasteiger partial charge in [0.15, 0.2) is 0 Å². The van der Waals surface area contributed by atoms with Crippen molar-refractivity contribution in [3.8, 4) is 5.75 Å². The van der Waals surface area contributed by atoms with Crippen LogP contribution in [0, 0.1) is 5.82 Å². The molecular weight excluding hydrogens is 233 g/mol. The number of fused-ring (bicyclic) bond motifs is 1. The molecule has 0 fully saturated rings. The van der Waals surface area contributed by atoms with Crippen molar-refractivity contribution in [3.05, 3.63) is 29.6 Å². The van der Waals surface area contributed by atoms with Crippen LogP contribution in [0.25, 0.3) is 0 Å². The molecule has 0 radical (unpaired) electrons. The average molecular weight is 251 g/mol. The lowest BCUT2D eigenvalue weighted by molar-refractivity contribution is -0.122. The van der Waals surface area contributed by atoms with E-state index in [1.807, 2.05) is 6.92 Å². The Labute approximate surface area is 106 Å². The molecule has 2 rings (SSSR count). The van der Waals surface area contributed by atoms with Crippen LogP contribution in [0.5, 0.6) is 5.75 Å². The number of carbonyl (C=O) groups excluding carboxylic acids is 1. The molecule has 1 heterocycles. The third kappa shape index (κ3) is 3.00. The standard InChI is InChI=1S/C14H18FNO2/c1-2-3-4-14(17)16-12-7-8-18-13-6-5-10(15)9-11(12)13/h5-6,9,12H,2-4,7-8H2,1H3,(H,16,17). The fourth-order valence-corrected chi connectivity index (χ4v) is 2.12. The highest BCUT2D eigenvalue weighted by atomic mass is 19.1. The van der Waals surface area contributed by atoms with Crippen LogP contribution in [0.1, 0.15) is 44.2 Å². The summed E-state index contributed by atoms with van der Waals surface area (Å²) in [6.07, 6.45) is 3.09. The van der Waals surface area contributed by atoms with Gasteiger partial charge in [-0.05, 0) is 24.6 Å². The van der Waals surface area contributed by atoms with Crippen molar-refractivity contribution < 1.29 is 13.9 Å². The molecule has 98 valence electrons. The molecule has 1 amide bonds. The van der Waals surface area contributed by atoms with Gasteiger partial charge in [0.1, 0.15) is 11.6 Å². The minimum atomic E-state index is -0.299. The van der Waals surface area contributed by atoms with Gasteiger partial charge in [0, 0.05) is 18.4 Å². The fraction of sp³-hybridized carbons (Fsp3) is 0.500. The van der Waals surface area contributed by atoms with Crippen LogP contribution >= 0.6 is 0 Å². The Morgan fingerprint density at radius 1 is 1.56 bits per heavy atom. The van der Waals surface area contributed by atoms with Crippen molar-refractivity contribution in [2.45, 2.75) is 38.6 Å². The Kier molecular flexibility index (Phi) is 4.18. The molecule has 1 unspecified atom stereocenters. The molecule has 3 nitrogen and oxygen atoms in total. The first-order valence-corrected chi connectivity index (χ1v) is 6.42. The largest absolute Gasteiger partial charge is 0.493 e. The molecule has 0 spiro atoms. The number of hydrogen-bond donors (Lipinski definition) is 1. The van der Waals surface area contributed by atoms with E-state index >= 15 is 0 Å². The molecule has 1 N–H and O–H groups in total. The van der Waals surface area contributed by atoms with Gasteiger partial charge < -0.3 is 10.1 Å². The van der Waals surface area contributed by atoms with Gasteiger partial charge in [-0.2, -0.15) is 0 Å². The van der Waals surface area contributed by atoms with E-state index in [1.165, 1.54) is 12.1 Å². The van der Waals surface area contributed by atoms with Gasteiger partial charge in [-0.15, -0.1) is 0 Å². The van der Waals surface area contributed by atoms with Crippen LogP contribution in [0.2, 0.25) is 0 Å². The summed E-state index contributed by atoms with van der Waals surface area (Å²) >= 11 is 0. The van der Waals surface area contributed by atoms with Gasteiger partial charge in [0.25, 0.3) is 0 Å². The van der Waals surface area contributed by atoms with E-state index < -0.39 is 0 Å². The summed E-state index contributed by atoms with van der Waals surface area (Å²) in [5.41, 5.74) is 0.742. The highest BCUT2D eigenvalue weighted by Crippen LogP contribution is 2.32. The average Bonchev–Trinajstić information content (AvgIpc) is 2.37. The Hall–Kier alpha value is -1.58. The van der Waals surface area contributed by atoms with Gasteiger partial charge in [0.2, 0.25) is 5.91 Å². The Bertz CT molecular complexity index is 434. The zero-order valence-corrected chi connectivity index (χ0v) is 10.5. The first-order chi connectivity index (χ1) is 8.70. The highest BCUT2D eigenvalue weighted by Gasteiger charge is 2.23. The Morgan fingerprint density at radius 3 is 3.17 bits per heavy atom. The zero-order chi connectivity index (χ0) is 13.0. The van der Waals surface area contributed by atoms with Crippen LogP contribution in [-0.4, -0.2) is 12.5 Å². The first-order valence-electron chi connectivity index (χ1n) is 6.42. The van der Waals surface area contributed by atoms with Crippen LogP contribution in [0.15, 0.2) is 18.2 Å². The number of halogens is 1. The molecule has 1 aliphatic rings. The molecule has 0 saturated carbocycles. The summed E-state index contributed by atoms with van der Waals surface area (Å²) < 4.78 is 18.7. The number of unbranched alkanes of at least 4 members (excludes halogenated alkanes) is 1. The van der Waals surface area contributed by atoms with Crippen molar-refractivity contribution in [2.75, 3.05) is 6.61 Å². The number of hydrogen-bond acceptors (Lipinski definition) is 2. The SMILES string of the molecule is CCCCC(=O)NC1CCOc2ccc(F)cc21. The van der Waals surface area contributed by atoms with Gasteiger partial charge in [0.05, 0.1) is 12.6 Å². The second-order valence-corrected chi connectivity index (χ2v) is 4.54. The molecule has 0 aromatic heterocycles. The molecule has 1 aromatic rings. The van der Waals surface area contributed by atoms with Gasteiger partial charge in [-0.1, -0.05) is 13.3 Å². The molecule has 1 aromatic carbocycles. The summed E-state index contributed by atoms with van der Waals surface area (Å²) in [6.45, 7) is 2.60. The number of ether oxygens (including phenoxy) is 1. The minimum Gasteiger partial charge on any atom is -0.493 e. The quantitative estimate of drug-likeness (QED) is 0.893. The van der Waals surface area contributed by atoms with Crippen LogP contribution < -0.4 is 10.1 Å². The maximum atomic E-state index is 13.2. The second-order valence-electron chi connectivity index (χ2n) is 4.54. The van der Waals surface area contributed by atoms with Crippen molar-refractivity contribution in [1.82, 2.24) is 5.32 Å². The topological polar surface area (TPSA) is 38.3 Å². The van der Waals surface area contributed by atoms with E-state index in [1.54, 1.807) is 6.07 Å².